The van der Waals surface area contributed by atoms with Crippen LogP contribution in [0.25, 0.3) is 0 Å². The Morgan fingerprint density at radius 1 is 1.00 bits per heavy atom. The lowest BCUT2D eigenvalue weighted by Crippen LogP contribution is -2.02. The molecule has 0 atom stereocenters. The van der Waals surface area contributed by atoms with Gasteiger partial charge in [0.15, 0.2) is 0 Å². The summed E-state index contributed by atoms with van der Waals surface area (Å²) in [6.07, 6.45) is 0. The van der Waals surface area contributed by atoms with Gasteiger partial charge in [-0.1, -0.05) is 46.9 Å². The van der Waals surface area contributed by atoms with Crippen LogP contribution in [0.5, 0.6) is 0 Å². The Hall–Kier alpha value is -0.960. The average Bonchev–Trinajstić information content (AvgIpc) is 2.30. The van der Waals surface area contributed by atoms with Crippen LogP contribution >= 0.6 is 34.8 Å². The number of halogens is 4. The van der Waals surface area contributed by atoms with E-state index >= 15 is 0 Å². The van der Waals surface area contributed by atoms with Crippen LogP contribution in [0.15, 0.2) is 30.3 Å². The molecule has 0 aliphatic heterocycles. The van der Waals surface area contributed by atoms with Crippen molar-refractivity contribution in [2.45, 2.75) is 13.5 Å². The van der Waals surface area contributed by atoms with Crippen molar-refractivity contribution in [3.8, 4) is 0 Å². The van der Waals surface area contributed by atoms with E-state index in [9.17, 15) is 4.39 Å². The second kappa shape index (κ2) is 6.00. The maximum atomic E-state index is 13.1. The Morgan fingerprint density at radius 2 is 1.63 bits per heavy atom. The van der Waals surface area contributed by atoms with E-state index in [1.165, 1.54) is 12.1 Å². The predicted molar refractivity (Wildman–Crippen MR) is 79.9 cm³/mol. The summed E-state index contributed by atoms with van der Waals surface area (Å²) in [4.78, 5) is 0. The van der Waals surface area contributed by atoms with E-state index in [0.717, 1.165) is 11.1 Å². The number of rotatable bonds is 3. The highest BCUT2D eigenvalue weighted by molar-refractivity contribution is 6.39. The van der Waals surface area contributed by atoms with E-state index < -0.39 is 5.82 Å². The Kier molecular flexibility index (Phi) is 4.56. The van der Waals surface area contributed by atoms with Crippen LogP contribution in [0.3, 0.4) is 0 Å². The van der Waals surface area contributed by atoms with Gasteiger partial charge in [-0.05, 0) is 36.2 Å². The first kappa shape index (κ1) is 14.4. The Bertz CT molecular complexity index is 591. The van der Waals surface area contributed by atoms with Crippen molar-refractivity contribution in [3.63, 3.8) is 0 Å². The highest BCUT2D eigenvalue weighted by atomic mass is 35.5. The number of anilines is 1. The second-order valence-electron chi connectivity index (χ2n) is 4.19. The predicted octanol–water partition coefficient (Wildman–Crippen LogP) is 5.71. The first-order chi connectivity index (χ1) is 8.97. The molecule has 19 heavy (non-hydrogen) atoms. The zero-order valence-corrected chi connectivity index (χ0v) is 12.4. The molecule has 2 aromatic rings. The highest BCUT2D eigenvalue weighted by Gasteiger charge is 2.09. The number of aryl methyl sites for hydroxylation is 1. The SMILES string of the molecule is Cc1ccc(CNc2c(Cl)cc(F)cc2Cl)c(Cl)c1. The third kappa shape index (κ3) is 3.53. The van der Waals surface area contributed by atoms with Gasteiger partial charge in [0, 0.05) is 11.6 Å². The van der Waals surface area contributed by atoms with Crippen LogP contribution in [0.2, 0.25) is 15.1 Å². The van der Waals surface area contributed by atoms with Gasteiger partial charge >= 0.3 is 0 Å². The standard InChI is InChI=1S/C14H11Cl3FN/c1-8-2-3-9(11(15)4-8)7-19-14-12(16)5-10(18)6-13(14)17/h2-6,19H,7H2,1H3. The van der Waals surface area contributed by atoms with E-state index in [1.807, 2.05) is 25.1 Å². The monoisotopic (exact) mass is 317 g/mol. The molecule has 0 saturated carbocycles. The minimum absolute atomic E-state index is 0.244. The molecule has 0 saturated heterocycles. The summed E-state index contributed by atoms with van der Waals surface area (Å²) < 4.78 is 13.1. The van der Waals surface area contributed by atoms with Gasteiger partial charge < -0.3 is 5.32 Å². The first-order valence-electron chi connectivity index (χ1n) is 5.61. The molecule has 0 fully saturated rings. The van der Waals surface area contributed by atoms with E-state index in [-0.39, 0.29) is 10.0 Å². The van der Waals surface area contributed by atoms with Crippen molar-refractivity contribution in [3.05, 3.63) is 62.3 Å². The zero-order chi connectivity index (χ0) is 14.0. The second-order valence-corrected chi connectivity index (χ2v) is 5.41. The highest BCUT2D eigenvalue weighted by Crippen LogP contribution is 2.32. The smallest absolute Gasteiger partial charge is 0.126 e. The molecule has 0 heterocycles. The zero-order valence-electron chi connectivity index (χ0n) is 10.1. The molecule has 100 valence electrons. The van der Waals surface area contributed by atoms with E-state index in [2.05, 4.69) is 5.32 Å². The molecule has 0 radical (unpaired) electrons. The van der Waals surface area contributed by atoms with Crippen molar-refractivity contribution >= 4 is 40.5 Å². The molecule has 1 N–H and O–H groups in total. The number of benzene rings is 2. The minimum atomic E-state index is -0.464. The molecule has 2 rings (SSSR count). The molecular weight excluding hydrogens is 308 g/mol. The molecule has 1 nitrogen and oxygen atoms in total. The third-order valence-electron chi connectivity index (χ3n) is 2.67. The Labute approximate surface area is 126 Å². The van der Waals surface area contributed by atoms with Crippen LogP contribution < -0.4 is 5.32 Å². The summed E-state index contributed by atoms with van der Waals surface area (Å²) in [6.45, 7) is 2.43. The van der Waals surface area contributed by atoms with Gasteiger partial charge in [0.2, 0.25) is 0 Å². The lowest BCUT2D eigenvalue weighted by Gasteiger charge is -2.12. The van der Waals surface area contributed by atoms with Gasteiger partial charge in [0.25, 0.3) is 0 Å². The van der Waals surface area contributed by atoms with Gasteiger partial charge in [0.05, 0.1) is 15.7 Å². The fourth-order valence-corrected chi connectivity index (χ4v) is 2.59. The van der Waals surface area contributed by atoms with Gasteiger partial charge in [0.1, 0.15) is 5.82 Å². The lowest BCUT2D eigenvalue weighted by molar-refractivity contribution is 0.628. The summed E-state index contributed by atoms with van der Waals surface area (Å²) in [7, 11) is 0. The number of hydrogen-bond acceptors (Lipinski definition) is 1. The van der Waals surface area contributed by atoms with Crippen LogP contribution in [0.1, 0.15) is 11.1 Å². The van der Waals surface area contributed by atoms with Crippen molar-refractivity contribution in [1.29, 1.82) is 0 Å². The number of hydrogen-bond donors (Lipinski definition) is 1. The Morgan fingerprint density at radius 3 is 2.21 bits per heavy atom. The Balaban J connectivity index is 2.19. The van der Waals surface area contributed by atoms with E-state index in [0.29, 0.717) is 17.3 Å². The molecule has 5 heteroatoms. The maximum absolute atomic E-state index is 13.1. The quantitative estimate of drug-likeness (QED) is 0.764. The van der Waals surface area contributed by atoms with Crippen LogP contribution in [-0.2, 0) is 6.54 Å². The van der Waals surface area contributed by atoms with Gasteiger partial charge in [-0.15, -0.1) is 0 Å². The van der Waals surface area contributed by atoms with Crippen LogP contribution in [-0.4, -0.2) is 0 Å². The fraction of sp³-hybridized carbons (Fsp3) is 0.143. The van der Waals surface area contributed by atoms with E-state index in [1.54, 1.807) is 0 Å². The average molecular weight is 319 g/mol. The molecule has 0 spiro atoms. The van der Waals surface area contributed by atoms with Crippen molar-refractivity contribution < 1.29 is 4.39 Å². The minimum Gasteiger partial charge on any atom is -0.378 e. The van der Waals surface area contributed by atoms with E-state index in [4.69, 9.17) is 34.8 Å². The van der Waals surface area contributed by atoms with Crippen molar-refractivity contribution in [2.75, 3.05) is 5.32 Å². The number of nitrogens with one attached hydrogen (secondary N) is 1. The van der Waals surface area contributed by atoms with Crippen molar-refractivity contribution in [2.24, 2.45) is 0 Å². The summed E-state index contributed by atoms with van der Waals surface area (Å²) >= 11 is 18.0. The van der Waals surface area contributed by atoms with Crippen LogP contribution in [0, 0.1) is 12.7 Å². The molecule has 0 aliphatic carbocycles. The van der Waals surface area contributed by atoms with Crippen molar-refractivity contribution in [1.82, 2.24) is 0 Å². The fourth-order valence-electron chi connectivity index (χ4n) is 1.69. The maximum Gasteiger partial charge on any atom is 0.126 e. The molecule has 0 aromatic heterocycles. The van der Waals surface area contributed by atoms with Gasteiger partial charge in [-0.2, -0.15) is 0 Å². The molecule has 0 amide bonds. The topological polar surface area (TPSA) is 12.0 Å². The summed E-state index contributed by atoms with van der Waals surface area (Å²) in [5.41, 5.74) is 2.51. The summed E-state index contributed by atoms with van der Waals surface area (Å²) in [5.74, 6) is -0.464. The third-order valence-corrected chi connectivity index (χ3v) is 3.62. The summed E-state index contributed by atoms with van der Waals surface area (Å²) in [6, 6.07) is 8.21. The largest absolute Gasteiger partial charge is 0.378 e. The summed E-state index contributed by atoms with van der Waals surface area (Å²) in [5, 5.41) is 4.23. The first-order valence-corrected chi connectivity index (χ1v) is 6.74. The molecule has 2 aromatic carbocycles. The molecule has 0 unspecified atom stereocenters. The molecular formula is C14H11Cl3FN. The van der Waals surface area contributed by atoms with Crippen LogP contribution in [0.4, 0.5) is 10.1 Å². The molecule has 0 aliphatic rings. The normalized spacial score (nSPS) is 10.6. The molecule has 0 bridgehead atoms. The van der Waals surface area contributed by atoms with Gasteiger partial charge in [-0.3, -0.25) is 0 Å². The van der Waals surface area contributed by atoms with Gasteiger partial charge in [-0.25, -0.2) is 4.39 Å². The lowest BCUT2D eigenvalue weighted by atomic mass is 10.1.